The van der Waals surface area contributed by atoms with Crippen molar-refractivity contribution in [3.63, 3.8) is 0 Å². The monoisotopic (exact) mass is 222 g/mol. The Labute approximate surface area is 104 Å². The van der Waals surface area contributed by atoms with Crippen LogP contribution in [0.2, 0.25) is 0 Å². The summed E-state index contributed by atoms with van der Waals surface area (Å²) < 4.78 is 0. The first-order valence-corrected chi connectivity index (χ1v) is 5.99. The minimum atomic E-state index is 1.14. The summed E-state index contributed by atoms with van der Waals surface area (Å²) in [7, 11) is 0. The molecule has 2 aromatic carbocycles. The van der Waals surface area contributed by atoms with Gasteiger partial charge in [-0.3, -0.25) is 0 Å². The molecule has 0 heteroatoms. The molecule has 17 heavy (non-hydrogen) atoms. The third-order valence-electron chi connectivity index (χ3n) is 3.53. The fourth-order valence-electron chi connectivity index (χ4n) is 2.02. The highest BCUT2D eigenvalue weighted by Crippen LogP contribution is 2.24. The summed E-state index contributed by atoms with van der Waals surface area (Å²) >= 11 is 0. The topological polar surface area (TPSA) is 0 Å². The summed E-state index contributed by atoms with van der Waals surface area (Å²) in [6.07, 6.45) is 3.48. The standard InChI is InChI=1S/C17H18/c1-12-10-17(15(4)14(3)13(12)2)11-16-8-6-5-7-9-16/h5-10H,1-4H3. The summed E-state index contributed by atoms with van der Waals surface area (Å²) in [5.74, 6) is 0. The number of rotatable bonds is 2. The molecule has 0 aromatic heterocycles. The van der Waals surface area contributed by atoms with Crippen LogP contribution in [0.25, 0.3) is 0 Å². The fraction of sp³-hybridized carbons (Fsp3) is 0.235. The van der Waals surface area contributed by atoms with Crippen molar-refractivity contribution in [2.24, 2.45) is 0 Å². The molecule has 0 amide bonds. The molecule has 2 rings (SSSR count). The van der Waals surface area contributed by atoms with Gasteiger partial charge in [-0.2, -0.15) is 0 Å². The summed E-state index contributed by atoms with van der Waals surface area (Å²) in [6.45, 7) is 8.71. The Morgan fingerprint density at radius 2 is 1.41 bits per heavy atom. The number of aryl methyl sites for hydroxylation is 1. The van der Waals surface area contributed by atoms with Crippen molar-refractivity contribution in [2.45, 2.75) is 27.7 Å². The van der Waals surface area contributed by atoms with E-state index in [0.717, 1.165) is 5.56 Å². The minimum Gasteiger partial charge on any atom is -0.0622 e. The molecule has 0 nitrogen and oxygen atoms in total. The molecule has 0 fully saturated rings. The van der Waals surface area contributed by atoms with Crippen LogP contribution in [0.4, 0.5) is 0 Å². The molecular weight excluding hydrogens is 204 g/mol. The zero-order valence-corrected chi connectivity index (χ0v) is 11.0. The highest BCUT2D eigenvalue weighted by Gasteiger charge is 2.08. The minimum absolute atomic E-state index is 1.14. The molecule has 0 unspecified atom stereocenters. The van der Waals surface area contributed by atoms with Gasteiger partial charge in [0.15, 0.2) is 0 Å². The van der Waals surface area contributed by atoms with Gasteiger partial charge in [-0.15, -0.1) is 0 Å². The van der Waals surface area contributed by atoms with E-state index in [4.69, 9.17) is 0 Å². The van der Waals surface area contributed by atoms with Gasteiger partial charge < -0.3 is 0 Å². The lowest BCUT2D eigenvalue weighted by Gasteiger charge is -2.13. The lowest BCUT2D eigenvalue weighted by molar-refractivity contribution is 1.18. The largest absolute Gasteiger partial charge is 0.0622 e. The van der Waals surface area contributed by atoms with Crippen LogP contribution >= 0.6 is 0 Å². The number of hydrogen-bond acceptors (Lipinski definition) is 0. The Kier molecular flexibility index (Phi) is 3.33. The molecular formula is C17H18. The van der Waals surface area contributed by atoms with E-state index in [2.05, 4.69) is 52.3 Å². The van der Waals surface area contributed by atoms with Crippen LogP contribution in [0.5, 0.6) is 0 Å². The molecule has 0 aliphatic rings. The van der Waals surface area contributed by atoms with E-state index >= 15 is 0 Å². The van der Waals surface area contributed by atoms with Crippen LogP contribution in [0.15, 0.2) is 36.4 Å². The van der Waals surface area contributed by atoms with Crippen molar-refractivity contribution < 1.29 is 0 Å². The number of benzene rings is 2. The van der Waals surface area contributed by atoms with Crippen molar-refractivity contribution in [2.75, 3.05) is 0 Å². The van der Waals surface area contributed by atoms with Gasteiger partial charge in [0.05, 0.1) is 6.42 Å². The van der Waals surface area contributed by atoms with Gasteiger partial charge in [0.2, 0.25) is 0 Å². The van der Waals surface area contributed by atoms with E-state index in [1.54, 1.807) is 0 Å². The second-order valence-electron chi connectivity index (χ2n) is 4.61. The molecule has 0 N–H and O–H groups in total. The van der Waals surface area contributed by atoms with Crippen molar-refractivity contribution in [3.05, 3.63) is 76.2 Å². The van der Waals surface area contributed by atoms with Gasteiger partial charge in [-0.1, -0.05) is 36.4 Å². The highest BCUT2D eigenvalue weighted by atomic mass is 14.1. The van der Waals surface area contributed by atoms with E-state index in [1.165, 1.54) is 27.8 Å². The Bertz CT molecular complexity index is 521. The molecule has 0 saturated carbocycles. The van der Waals surface area contributed by atoms with Gasteiger partial charge in [0, 0.05) is 0 Å². The predicted molar refractivity (Wildman–Crippen MR) is 73.3 cm³/mol. The van der Waals surface area contributed by atoms with Gasteiger partial charge in [0.25, 0.3) is 0 Å². The summed E-state index contributed by atoms with van der Waals surface area (Å²) in [5, 5.41) is 0. The zero-order chi connectivity index (χ0) is 12.4. The summed E-state index contributed by atoms with van der Waals surface area (Å²) in [5.41, 5.74) is 7.78. The van der Waals surface area contributed by atoms with E-state index in [0.29, 0.717) is 0 Å². The first-order chi connectivity index (χ1) is 8.09. The molecule has 0 aliphatic heterocycles. The normalized spacial score (nSPS) is 10.6. The SMILES string of the molecule is Cc1cc([C]c2ccccc2)c(C)c(C)c1C. The van der Waals surface area contributed by atoms with Crippen LogP contribution in [-0.4, -0.2) is 0 Å². The smallest absolute Gasteiger partial charge is 0.0504 e. The Morgan fingerprint density at radius 1 is 0.765 bits per heavy atom. The second kappa shape index (κ2) is 4.75. The second-order valence-corrected chi connectivity index (χ2v) is 4.61. The van der Waals surface area contributed by atoms with Crippen molar-refractivity contribution >= 4 is 0 Å². The molecule has 86 valence electrons. The first-order valence-electron chi connectivity index (χ1n) is 5.99. The van der Waals surface area contributed by atoms with Crippen molar-refractivity contribution in [1.82, 2.24) is 0 Å². The molecule has 0 heterocycles. The molecule has 2 aromatic rings. The van der Waals surface area contributed by atoms with Crippen molar-refractivity contribution in [3.8, 4) is 0 Å². The van der Waals surface area contributed by atoms with Gasteiger partial charge in [0.1, 0.15) is 0 Å². The van der Waals surface area contributed by atoms with Crippen LogP contribution < -0.4 is 0 Å². The summed E-state index contributed by atoms with van der Waals surface area (Å²) in [6, 6.07) is 12.5. The average Bonchev–Trinajstić information content (AvgIpc) is 2.35. The Hall–Kier alpha value is -1.56. The van der Waals surface area contributed by atoms with Crippen LogP contribution in [0, 0.1) is 34.1 Å². The van der Waals surface area contributed by atoms with Crippen LogP contribution in [0.1, 0.15) is 33.4 Å². The number of hydrogen-bond donors (Lipinski definition) is 0. The molecule has 0 aliphatic carbocycles. The Balaban J connectivity index is 2.41. The molecule has 0 saturated heterocycles. The van der Waals surface area contributed by atoms with E-state index < -0.39 is 0 Å². The van der Waals surface area contributed by atoms with Crippen LogP contribution in [-0.2, 0) is 0 Å². The zero-order valence-electron chi connectivity index (χ0n) is 11.0. The lowest BCUT2D eigenvalue weighted by Crippen LogP contribution is -1.97. The van der Waals surface area contributed by atoms with Gasteiger partial charge in [-0.25, -0.2) is 0 Å². The molecule has 2 radical (unpaired) electrons. The average molecular weight is 222 g/mol. The quantitative estimate of drug-likeness (QED) is 0.706. The van der Waals surface area contributed by atoms with E-state index in [1.807, 2.05) is 18.2 Å². The highest BCUT2D eigenvalue weighted by molar-refractivity contribution is 5.50. The molecule has 0 atom stereocenters. The van der Waals surface area contributed by atoms with Gasteiger partial charge in [-0.05, 0) is 61.1 Å². The predicted octanol–water partition coefficient (Wildman–Crippen LogP) is 4.40. The molecule has 0 bridgehead atoms. The summed E-state index contributed by atoms with van der Waals surface area (Å²) in [4.78, 5) is 0. The van der Waals surface area contributed by atoms with Crippen LogP contribution in [0.3, 0.4) is 0 Å². The van der Waals surface area contributed by atoms with Crippen molar-refractivity contribution in [1.29, 1.82) is 0 Å². The fourth-order valence-corrected chi connectivity index (χ4v) is 2.02. The maximum atomic E-state index is 3.48. The maximum Gasteiger partial charge on any atom is 0.0504 e. The Morgan fingerprint density at radius 3 is 2.06 bits per heavy atom. The third kappa shape index (κ3) is 2.41. The van der Waals surface area contributed by atoms with E-state index in [-0.39, 0.29) is 0 Å². The lowest BCUT2D eigenvalue weighted by atomic mass is 9.91. The van der Waals surface area contributed by atoms with E-state index in [9.17, 15) is 0 Å². The third-order valence-corrected chi connectivity index (χ3v) is 3.53. The van der Waals surface area contributed by atoms with Gasteiger partial charge >= 0.3 is 0 Å². The maximum absolute atomic E-state index is 3.48. The first kappa shape index (κ1) is 11.9. The molecule has 0 spiro atoms.